The van der Waals surface area contributed by atoms with E-state index in [4.69, 9.17) is 4.74 Å². The molecule has 0 aromatic carbocycles. The summed E-state index contributed by atoms with van der Waals surface area (Å²) in [6.45, 7) is 5.39. The third-order valence-corrected chi connectivity index (χ3v) is 4.57. The molecule has 1 saturated carbocycles. The molecule has 1 aliphatic carbocycles. The highest BCUT2D eigenvalue weighted by atomic mass is 16.5. The van der Waals surface area contributed by atoms with Gasteiger partial charge in [-0.1, -0.05) is 12.8 Å². The lowest BCUT2D eigenvalue weighted by atomic mass is 10.2. The van der Waals surface area contributed by atoms with E-state index >= 15 is 0 Å². The minimum atomic E-state index is -0.387. The van der Waals surface area contributed by atoms with Gasteiger partial charge in [0.15, 0.2) is 0 Å². The summed E-state index contributed by atoms with van der Waals surface area (Å²) in [5, 5.41) is 13.3. The first kappa shape index (κ1) is 16.2. The van der Waals surface area contributed by atoms with Gasteiger partial charge in [-0.15, -0.1) is 0 Å². The molecule has 0 amide bonds. The van der Waals surface area contributed by atoms with Crippen LogP contribution in [0.5, 0.6) is 0 Å². The summed E-state index contributed by atoms with van der Waals surface area (Å²) in [7, 11) is 4.35. The van der Waals surface area contributed by atoms with Crippen molar-refractivity contribution >= 4 is 0 Å². The highest BCUT2D eigenvalue weighted by Gasteiger charge is 2.22. The molecule has 0 radical (unpaired) electrons. The third-order valence-electron chi connectivity index (χ3n) is 4.57. The molecule has 1 saturated heterocycles. The topological polar surface area (TPSA) is 48.0 Å². The van der Waals surface area contributed by atoms with Gasteiger partial charge in [0.25, 0.3) is 0 Å². The molecule has 0 aromatic rings. The van der Waals surface area contributed by atoms with Gasteiger partial charge in [0, 0.05) is 38.8 Å². The van der Waals surface area contributed by atoms with Gasteiger partial charge in [-0.05, 0) is 26.9 Å². The van der Waals surface area contributed by atoms with Crippen LogP contribution in [0.25, 0.3) is 0 Å². The van der Waals surface area contributed by atoms with E-state index in [-0.39, 0.29) is 6.10 Å². The Balaban J connectivity index is 1.55. The molecular formula is C15H31N3O2. The van der Waals surface area contributed by atoms with Crippen molar-refractivity contribution in [2.75, 3.05) is 53.4 Å². The molecule has 1 heterocycles. The second-order valence-electron chi connectivity index (χ2n) is 6.45. The Morgan fingerprint density at radius 2 is 2.00 bits per heavy atom. The summed E-state index contributed by atoms with van der Waals surface area (Å²) in [5.41, 5.74) is 0. The number of rotatable bonds is 7. The van der Waals surface area contributed by atoms with Crippen molar-refractivity contribution in [3.05, 3.63) is 0 Å². The highest BCUT2D eigenvalue weighted by molar-refractivity contribution is 4.80. The third kappa shape index (κ3) is 5.30. The number of hydrogen-bond acceptors (Lipinski definition) is 5. The van der Waals surface area contributed by atoms with Crippen LogP contribution in [-0.4, -0.2) is 86.6 Å². The van der Waals surface area contributed by atoms with Crippen LogP contribution < -0.4 is 5.32 Å². The van der Waals surface area contributed by atoms with Crippen molar-refractivity contribution in [1.82, 2.24) is 15.1 Å². The monoisotopic (exact) mass is 285 g/mol. The lowest BCUT2D eigenvalue weighted by molar-refractivity contribution is -0.00621. The number of aliphatic hydroxyl groups is 1. The van der Waals surface area contributed by atoms with Gasteiger partial charge in [0.2, 0.25) is 0 Å². The summed E-state index contributed by atoms with van der Waals surface area (Å²) in [4.78, 5) is 4.76. The van der Waals surface area contributed by atoms with Gasteiger partial charge >= 0.3 is 0 Å². The molecule has 2 atom stereocenters. The fraction of sp³-hybridized carbons (Fsp3) is 1.00. The summed E-state index contributed by atoms with van der Waals surface area (Å²) in [6, 6.07) is 0.539. The number of aliphatic hydroxyl groups excluding tert-OH is 1. The molecule has 2 N–H and O–H groups in total. The van der Waals surface area contributed by atoms with E-state index in [0.29, 0.717) is 25.3 Å². The van der Waals surface area contributed by atoms with Crippen LogP contribution in [0.1, 0.15) is 25.7 Å². The van der Waals surface area contributed by atoms with Gasteiger partial charge < -0.3 is 20.1 Å². The Morgan fingerprint density at radius 1 is 1.25 bits per heavy atom. The van der Waals surface area contributed by atoms with Gasteiger partial charge in [0.1, 0.15) is 0 Å². The molecule has 0 aromatic heterocycles. The molecule has 5 nitrogen and oxygen atoms in total. The first-order valence-electron chi connectivity index (χ1n) is 8.04. The number of piperazine rings is 1. The number of ether oxygens (including phenoxy) is 1. The van der Waals surface area contributed by atoms with Crippen molar-refractivity contribution in [2.45, 2.75) is 43.9 Å². The van der Waals surface area contributed by atoms with Crippen LogP contribution >= 0.6 is 0 Å². The zero-order valence-electron chi connectivity index (χ0n) is 13.1. The quantitative estimate of drug-likeness (QED) is 0.697. The van der Waals surface area contributed by atoms with Gasteiger partial charge in [-0.3, -0.25) is 4.90 Å². The van der Waals surface area contributed by atoms with Crippen molar-refractivity contribution in [3.63, 3.8) is 0 Å². The van der Waals surface area contributed by atoms with Gasteiger partial charge in [0.05, 0.1) is 18.8 Å². The van der Waals surface area contributed by atoms with Crippen LogP contribution in [0, 0.1) is 0 Å². The number of likely N-dealkylation sites (N-methyl/N-ethyl adjacent to an activating group) is 2. The molecule has 2 aliphatic rings. The lowest BCUT2D eigenvalue weighted by Crippen LogP contribution is -2.54. The molecule has 0 bridgehead atoms. The van der Waals surface area contributed by atoms with Crippen LogP contribution in [0.2, 0.25) is 0 Å². The number of hydrogen-bond donors (Lipinski definition) is 2. The first-order valence-corrected chi connectivity index (χ1v) is 8.04. The minimum Gasteiger partial charge on any atom is -0.389 e. The van der Waals surface area contributed by atoms with E-state index in [9.17, 15) is 5.11 Å². The molecule has 0 spiro atoms. The smallest absolute Gasteiger partial charge is 0.0897 e. The molecule has 118 valence electrons. The maximum atomic E-state index is 9.95. The van der Waals surface area contributed by atoms with Crippen LogP contribution in [0.15, 0.2) is 0 Å². The molecular weight excluding hydrogens is 254 g/mol. The van der Waals surface area contributed by atoms with Crippen LogP contribution in [0.4, 0.5) is 0 Å². The summed E-state index contributed by atoms with van der Waals surface area (Å²) < 4.78 is 5.74. The van der Waals surface area contributed by atoms with E-state index in [1.807, 2.05) is 0 Å². The number of nitrogens with zero attached hydrogens (tertiary/aromatic N) is 2. The van der Waals surface area contributed by atoms with E-state index in [2.05, 4.69) is 29.2 Å². The highest BCUT2D eigenvalue weighted by Crippen LogP contribution is 2.20. The minimum absolute atomic E-state index is 0.387. The summed E-state index contributed by atoms with van der Waals surface area (Å²) >= 11 is 0. The maximum absolute atomic E-state index is 9.95. The Morgan fingerprint density at radius 3 is 2.75 bits per heavy atom. The largest absolute Gasteiger partial charge is 0.389 e. The average Bonchev–Trinajstić information content (AvgIpc) is 2.93. The predicted octanol–water partition coefficient (Wildman–Crippen LogP) is 0.142. The predicted molar refractivity (Wildman–Crippen MR) is 81.0 cm³/mol. The summed E-state index contributed by atoms with van der Waals surface area (Å²) in [5.74, 6) is 0. The van der Waals surface area contributed by atoms with Crippen molar-refractivity contribution < 1.29 is 9.84 Å². The standard InChI is InChI=1S/C15H31N3O2/c1-17-7-8-18(2)13(11-17)9-16-10-14(19)12-20-15-5-3-4-6-15/h13-16,19H,3-12H2,1-2H3. The zero-order chi connectivity index (χ0) is 14.4. The molecule has 2 unspecified atom stereocenters. The lowest BCUT2D eigenvalue weighted by Gasteiger charge is -2.38. The second-order valence-corrected chi connectivity index (χ2v) is 6.45. The van der Waals surface area contributed by atoms with E-state index < -0.39 is 0 Å². The van der Waals surface area contributed by atoms with E-state index in [0.717, 1.165) is 26.2 Å². The Bertz CT molecular complexity index is 272. The van der Waals surface area contributed by atoms with Gasteiger partial charge in [-0.25, -0.2) is 0 Å². The summed E-state index contributed by atoms with van der Waals surface area (Å²) in [6.07, 6.45) is 4.89. The van der Waals surface area contributed by atoms with Gasteiger partial charge in [-0.2, -0.15) is 0 Å². The van der Waals surface area contributed by atoms with Crippen molar-refractivity contribution in [3.8, 4) is 0 Å². The SMILES string of the molecule is CN1CCN(C)C(CNCC(O)COC2CCCC2)C1. The second kappa shape index (κ2) is 8.29. The maximum Gasteiger partial charge on any atom is 0.0897 e. The van der Waals surface area contributed by atoms with Crippen LogP contribution in [0.3, 0.4) is 0 Å². The molecule has 2 rings (SSSR count). The molecule has 5 heteroatoms. The van der Waals surface area contributed by atoms with E-state index in [1.165, 1.54) is 25.7 Å². The van der Waals surface area contributed by atoms with E-state index in [1.54, 1.807) is 0 Å². The fourth-order valence-electron chi connectivity index (χ4n) is 3.10. The first-order chi connectivity index (χ1) is 9.65. The average molecular weight is 285 g/mol. The Labute approximate surface area is 123 Å². The zero-order valence-corrected chi connectivity index (χ0v) is 13.1. The fourth-order valence-corrected chi connectivity index (χ4v) is 3.10. The Hall–Kier alpha value is -0.200. The number of nitrogens with one attached hydrogen (secondary N) is 1. The van der Waals surface area contributed by atoms with Crippen molar-refractivity contribution in [2.24, 2.45) is 0 Å². The van der Waals surface area contributed by atoms with Crippen molar-refractivity contribution in [1.29, 1.82) is 0 Å². The normalized spacial score (nSPS) is 28.1. The molecule has 20 heavy (non-hydrogen) atoms. The molecule has 2 fully saturated rings. The van der Waals surface area contributed by atoms with Crippen LogP contribution in [-0.2, 0) is 4.74 Å². The Kier molecular flexibility index (Phi) is 6.71. The molecule has 1 aliphatic heterocycles.